The molecule has 1 fully saturated rings. The van der Waals surface area contributed by atoms with Crippen LogP contribution in [0.2, 0.25) is 0 Å². The first-order valence-electron chi connectivity index (χ1n) is 9.92. The molecule has 2 amide bonds. The van der Waals surface area contributed by atoms with E-state index in [0.717, 1.165) is 24.0 Å². The summed E-state index contributed by atoms with van der Waals surface area (Å²) in [4.78, 5) is 28.6. The molecule has 7 heteroatoms. The second kappa shape index (κ2) is 10.5. The molecule has 3 rings (SSSR count). The van der Waals surface area contributed by atoms with E-state index in [-0.39, 0.29) is 12.0 Å². The number of pyridine rings is 1. The van der Waals surface area contributed by atoms with Crippen LogP contribution in [-0.4, -0.2) is 36.2 Å². The van der Waals surface area contributed by atoms with Gasteiger partial charge in [-0.15, -0.1) is 0 Å². The van der Waals surface area contributed by atoms with Crippen LogP contribution in [-0.2, 0) is 22.5 Å². The average Bonchev–Trinajstić information content (AvgIpc) is 3.25. The molecule has 1 heterocycles. The van der Waals surface area contributed by atoms with Crippen molar-refractivity contribution in [1.29, 1.82) is 0 Å². The van der Waals surface area contributed by atoms with Crippen molar-refractivity contribution in [3.8, 4) is 5.88 Å². The molecule has 0 bridgehead atoms. The van der Waals surface area contributed by atoms with Gasteiger partial charge in [0, 0.05) is 25.2 Å². The maximum Gasteiger partial charge on any atom is 0.407 e. The molecule has 2 aromatic rings. The Bertz CT molecular complexity index is 807. The third-order valence-electron chi connectivity index (χ3n) is 4.93. The number of nitrogens with zero attached hydrogens (tertiary/aromatic N) is 1. The SMILES string of the molecule is COC(=O)NC(Cc1ccccc1)C(=O)NCc1ccnc(OC2CCCC2)c1. The third-order valence-corrected chi connectivity index (χ3v) is 4.93. The Morgan fingerprint density at radius 2 is 1.90 bits per heavy atom. The summed E-state index contributed by atoms with van der Waals surface area (Å²) in [6, 6.07) is 12.5. The van der Waals surface area contributed by atoms with Gasteiger partial charge < -0.3 is 20.1 Å². The Morgan fingerprint density at radius 3 is 2.62 bits per heavy atom. The van der Waals surface area contributed by atoms with Crippen LogP contribution in [0, 0.1) is 0 Å². The lowest BCUT2D eigenvalue weighted by atomic mass is 10.1. The number of methoxy groups -OCH3 is 1. The Balaban J connectivity index is 1.59. The number of carbonyl (C=O) groups is 2. The summed E-state index contributed by atoms with van der Waals surface area (Å²) in [6.45, 7) is 0.316. The van der Waals surface area contributed by atoms with Gasteiger partial charge in [0.05, 0.1) is 7.11 Å². The molecule has 0 radical (unpaired) electrons. The first-order chi connectivity index (χ1) is 14.1. The van der Waals surface area contributed by atoms with Crippen LogP contribution in [0.1, 0.15) is 36.8 Å². The van der Waals surface area contributed by atoms with Crippen LogP contribution in [0.3, 0.4) is 0 Å². The van der Waals surface area contributed by atoms with Crippen molar-refractivity contribution in [2.75, 3.05) is 7.11 Å². The van der Waals surface area contributed by atoms with Gasteiger partial charge in [0.2, 0.25) is 11.8 Å². The molecule has 2 N–H and O–H groups in total. The summed E-state index contributed by atoms with van der Waals surface area (Å²) in [6.07, 6.45) is 6.14. The molecule has 1 aliphatic carbocycles. The second-order valence-electron chi connectivity index (χ2n) is 7.12. The highest BCUT2D eigenvalue weighted by Gasteiger charge is 2.22. The molecule has 1 saturated carbocycles. The quantitative estimate of drug-likeness (QED) is 0.715. The number of ether oxygens (including phenoxy) is 2. The van der Waals surface area contributed by atoms with Crippen molar-refractivity contribution >= 4 is 12.0 Å². The largest absolute Gasteiger partial charge is 0.474 e. The summed E-state index contributed by atoms with van der Waals surface area (Å²) >= 11 is 0. The van der Waals surface area contributed by atoms with E-state index in [1.54, 1.807) is 6.20 Å². The van der Waals surface area contributed by atoms with E-state index >= 15 is 0 Å². The number of hydrogen-bond donors (Lipinski definition) is 2. The molecule has 7 nitrogen and oxygen atoms in total. The minimum absolute atomic E-state index is 0.229. The first-order valence-corrected chi connectivity index (χ1v) is 9.92. The van der Waals surface area contributed by atoms with Crippen LogP contribution >= 0.6 is 0 Å². The molecule has 29 heavy (non-hydrogen) atoms. The Hall–Kier alpha value is -3.09. The smallest absolute Gasteiger partial charge is 0.407 e. The number of amides is 2. The predicted molar refractivity (Wildman–Crippen MR) is 108 cm³/mol. The van der Waals surface area contributed by atoms with E-state index in [4.69, 9.17) is 4.74 Å². The van der Waals surface area contributed by atoms with E-state index in [9.17, 15) is 9.59 Å². The number of benzene rings is 1. The first kappa shape index (κ1) is 20.6. The molecule has 0 spiro atoms. The number of rotatable bonds is 8. The Kier molecular flexibility index (Phi) is 7.44. The summed E-state index contributed by atoms with van der Waals surface area (Å²) in [5.41, 5.74) is 1.83. The minimum Gasteiger partial charge on any atom is -0.474 e. The summed E-state index contributed by atoms with van der Waals surface area (Å²) in [5, 5.41) is 5.48. The lowest BCUT2D eigenvalue weighted by Gasteiger charge is -2.18. The normalized spacial score (nSPS) is 14.8. The zero-order valence-corrected chi connectivity index (χ0v) is 16.6. The molecular weight excluding hydrogens is 370 g/mol. The van der Waals surface area contributed by atoms with Crippen molar-refractivity contribution in [1.82, 2.24) is 15.6 Å². The highest BCUT2D eigenvalue weighted by atomic mass is 16.5. The number of aromatic nitrogens is 1. The lowest BCUT2D eigenvalue weighted by molar-refractivity contribution is -0.123. The lowest BCUT2D eigenvalue weighted by Crippen LogP contribution is -2.47. The molecular formula is C22H27N3O4. The van der Waals surface area contributed by atoms with E-state index in [1.165, 1.54) is 20.0 Å². The highest BCUT2D eigenvalue weighted by Crippen LogP contribution is 2.23. The van der Waals surface area contributed by atoms with E-state index in [0.29, 0.717) is 18.8 Å². The molecule has 0 aliphatic heterocycles. The maximum atomic E-state index is 12.7. The third kappa shape index (κ3) is 6.48. The molecule has 154 valence electrons. The fourth-order valence-corrected chi connectivity index (χ4v) is 3.37. The van der Waals surface area contributed by atoms with Crippen molar-refractivity contribution in [2.24, 2.45) is 0 Å². The molecule has 1 aliphatic rings. The highest BCUT2D eigenvalue weighted by molar-refractivity contribution is 5.85. The van der Waals surface area contributed by atoms with Crippen LogP contribution in [0.15, 0.2) is 48.7 Å². The number of nitrogens with one attached hydrogen (secondary N) is 2. The zero-order chi connectivity index (χ0) is 20.5. The maximum absolute atomic E-state index is 12.7. The van der Waals surface area contributed by atoms with E-state index in [2.05, 4.69) is 20.4 Å². The minimum atomic E-state index is -0.735. The zero-order valence-electron chi connectivity index (χ0n) is 16.6. The molecule has 0 saturated heterocycles. The average molecular weight is 397 g/mol. The molecule has 1 aromatic carbocycles. The molecule has 1 unspecified atom stereocenters. The number of hydrogen-bond acceptors (Lipinski definition) is 5. The fraction of sp³-hybridized carbons (Fsp3) is 0.409. The van der Waals surface area contributed by atoms with Gasteiger partial charge in [-0.2, -0.15) is 0 Å². The van der Waals surface area contributed by atoms with Gasteiger partial charge in [0.15, 0.2) is 0 Å². The van der Waals surface area contributed by atoms with Crippen molar-refractivity contribution in [3.05, 3.63) is 59.8 Å². The van der Waals surface area contributed by atoms with Crippen molar-refractivity contribution in [2.45, 2.75) is 50.8 Å². The van der Waals surface area contributed by atoms with Crippen LogP contribution in [0.5, 0.6) is 5.88 Å². The summed E-state index contributed by atoms with van der Waals surface area (Å²) < 4.78 is 10.6. The monoisotopic (exact) mass is 397 g/mol. The van der Waals surface area contributed by atoms with Gasteiger partial charge in [0.1, 0.15) is 12.1 Å². The van der Waals surface area contributed by atoms with Crippen LogP contribution in [0.4, 0.5) is 4.79 Å². The van der Waals surface area contributed by atoms with Gasteiger partial charge in [-0.25, -0.2) is 9.78 Å². The van der Waals surface area contributed by atoms with E-state index < -0.39 is 12.1 Å². The van der Waals surface area contributed by atoms with Gasteiger partial charge in [-0.05, 0) is 42.9 Å². The van der Waals surface area contributed by atoms with E-state index in [1.807, 2.05) is 42.5 Å². The van der Waals surface area contributed by atoms with Crippen LogP contribution in [0.25, 0.3) is 0 Å². The molecule has 1 aromatic heterocycles. The van der Waals surface area contributed by atoms with Crippen LogP contribution < -0.4 is 15.4 Å². The summed E-state index contributed by atoms with van der Waals surface area (Å²) in [5.74, 6) is 0.298. The Morgan fingerprint density at radius 1 is 1.14 bits per heavy atom. The van der Waals surface area contributed by atoms with Gasteiger partial charge >= 0.3 is 6.09 Å². The van der Waals surface area contributed by atoms with Gasteiger partial charge in [-0.1, -0.05) is 30.3 Å². The standard InChI is InChI=1S/C22H27N3O4/c1-28-22(27)25-19(13-16-7-3-2-4-8-16)21(26)24-15-17-11-12-23-20(14-17)29-18-9-5-6-10-18/h2-4,7-8,11-12,14,18-19H,5-6,9-10,13,15H2,1H3,(H,24,26)(H,25,27). The van der Waals surface area contributed by atoms with Crippen molar-refractivity contribution < 1.29 is 19.1 Å². The summed E-state index contributed by atoms with van der Waals surface area (Å²) in [7, 11) is 1.27. The topological polar surface area (TPSA) is 89.5 Å². The van der Waals surface area contributed by atoms with Gasteiger partial charge in [-0.3, -0.25) is 4.79 Å². The second-order valence-corrected chi connectivity index (χ2v) is 7.12. The Labute approximate surface area is 170 Å². The number of alkyl carbamates (subject to hydrolysis) is 1. The predicted octanol–water partition coefficient (Wildman–Crippen LogP) is 2.99. The number of carbonyl (C=O) groups excluding carboxylic acids is 2. The van der Waals surface area contributed by atoms with Crippen molar-refractivity contribution in [3.63, 3.8) is 0 Å². The molecule has 1 atom stereocenters. The fourth-order valence-electron chi connectivity index (χ4n) is 3.37. The van der Waals surface area contributed by atoms with Gasteiger partial charge in [0.25, 0.3) is 0 Å².